The number of benzene rings is 1. The molecule has 1 amide bonds. The number of aliphatic imine (C=N–C) groups is 1. The summed E-state index contributed by atoms with van der Waals surface area (Å²) in [6.45, 7) is 2.88. The van der Waals surface area contributed by atoms with E-state index in [1.807, 2.05) is 0 Å². The normalized spacial score (nSPS) is 12.4. The Balaban J connectivity index is 2.02. The number of hydrogen-bond donors (Lipinski definition) is 3. The molecular formula is C17H17F3N4O4. The number of pyridine rings is 1. The number of rotatable bonds is 5. The van der Waals surface area contributed by atoms with Crippen LogP contribution in [-0.4, -0.2) is 28.9 Å². The maximum Gasteiger partial charge on any atom is 0.573 e. The van der Waals surface area contributed by atoms with Crippen LogP contribution < -0.4 is 21.3 Å². The SMILES string of the molecule is CC(C)(OC(N)=Nc1ccc(OC(F)(F)F)cc1)C(=O)Nc1ccc(=O)[nH]c1. The summed E-state index contributed by atoms with van der Waals surface area (Å²) in [6, 6.07) is 6.89. The average molecular weight is 398 g/mol. The molecule has 0 aliphatic heterocycles. The zero-order chi connectivity index (χ0) is 20.9. The minimum atomic E-state index is -4.80. The second-order valence-electron chi connectivity index (χ2n) is 6.00. The highest BCUT2D eigenvalue weighted by atomic mass is 19.4. The molecule has 8 nitrogen and oxygen atoms in total. The number of anilines is 1. The first kappa shape index (κ1) is 20.8. The van der Waals surface area contributed by atoms with Crippen LogP contribution in [0.1, 0.15) is 13.8 Å². The number of nitrogens with two attached hydrogens (primary N) is 1. The molecule has 11 heteroatoms. The van der Waals surface area contributed by atoms with Crippen molar-refractivity contribution >= 4 is 23.3 Å². The van der Waals surface area contributed by atoms with Gasteiger partial charge in [0.1, 0.15) is 5.75 Å². The number of halogens is 3. The zero-order valence-electron chi connectivity index (χ0n) is 14.8. The van der Waals surface area contributed by atoms with Crippen LogP contribution in [0.2, 0.25) is 0 Å². The molecule has 0 spiro atoms. The Kier molecular flexibility index (Phi) is 5.96. The van der Waals surface area contributed by atoms with Crippen LogP contribution in [0.25, 0.3) is 0 Å². The third-order valence-electron chi connectivity index (χ3n) is 3.26. The van der Waals surface area contributed by atoms with E-state index in [4.69, 9.17) is 10.5 Å². The van der Waals surface area contributed by atoms with E-state index in [1.165, 1.54) is 44.3 Å². The Hall–Kier alpha value is -3.50. The summed E-state index contributed by atoms with van der Waals surface area (Å²) in [4.78, 5) is 29.6. The predicted molar refractivity (Wildman–Crippen MR) is 95.3 cm³/mol. The number of carbonyl (C=O) groups is 1. The summed E-state index contributed by atoms with van der Waals surface area (Å²) in [5.41, 5.74) is 4.46. The van der Waals surface area contributed by atoms with Gasteiger partial charge in [0.15, 0.2) is 5.60 Å². The molecule has 0 bridgehead atoms. The first-order valence-electron chi connectivity index (χ1n) is 7.84. The Morgan fingerprint density at radius 1 is 1.14 bits per heavy atom. The highest BCUT2D eigenvalue weighted by molar-refractivity contribution is 5.98. The van der Waals surface area contributed by atoms with E-state index < -0.39 is 23.6 Å². The lowest BCUT2D eigenvalue weighted by atomic mass is 10.1. The highest BCUT2D eigenvalue weighted by Crippen LogP contribution is 2.25. The number of hydrogen-bond acceptors (Lipinski definition) is 5. The van der Waals surface area contributed by atoms with Gasteiger partial charge in [-0.15, -0.1) is 13.2 Å². The lowest BCUT2D eigenvalue weighted by Gasteiger charge is -2.24. The number of ether oxygens (including phenoxy) is 2. The van der Waals surface area contributed by atoms with E-state index in [0.29, 0.717) is 5.69 Å². The fourth-order valence-corrected chi connectivity index (χ4v) is 1.95. The minimum absolute atomic E-state index is 0.198. The molecule has 150 valence electrons. The van der Waals surface area contributed by atoms with Crippen LogP contribution in [-0.2, 0) is 9.53 Å². The number of nitrogens with zero attached hydrogens (tertiary/aromatic N) is 1. The smallest absolute Gasteiger partial charge is 0.449 e. The van der Waals surface area contributed by atoms with Gasteiger partial charge in [-0.3, -0.25) is 9.59 Å². The van der Waals surface area contributed by atoms with Crippen LogP contribution in [0.15, 0.2) is 52.4 Å². The van der Waals surface area contributed by atoms with Crippen LogP contribution in [0, 0.1) is 0 Å². The van der Waals surface area contributed by atoms with Crippen LogP contribution in [0.5, 0.6) is 5.75 Å². The summed E-state index contributed by atoms with van der Waals surface area (Å²) < 4.78 is 45.5. The van der Waals surface area contributed by atoms with Crippen molar-refractivity contribution < 1.29 is 27.4 Å². The molecule has 4 N–H and O–H groups in total. The number of alkyl halides is 3. The summed E-state index contributed by atoms with van der Waals surface area (Å²) >= 11 is 0. The van der Waals surface area contributed by atoms with Gasteiger partial charge in [-0.25, -0.2) is 0 Å². The molecule has 28 heavy (non-hydrogen) atoms. The van der Waals surface area contributed by atoms with Gasteiger partial charge in [0.05, 0.1) is 11.4 Å². The zero-order valence-corrected chi connectivity index (χ0v) is 14.8. The van der Waals surface area contributed by atoms with Crippen molar-refractivity contribution in [3.8, 4) is 5.75 Å². The average Bonchev–Trinajstić information content (AvgIpc) is 2.57. The van der Waals surface area contributed by atoms with Crippen molar-refractivity contribution in [2.75, 3.05) is 5.32 Å². The van der Waals surface area contributed by atoms with Gasteiger partial charge >= 0.3 is 6.36 Å². The van der Waals surface area contributed by atoms with Gasteiger partial charge in [0.2, 0.25) is 5.56 Å². The standard InChI is InChI=1S/C17H17F3N4O4/c1-16(2,14(26)23-11-5-8-13(25)22-9-11)28-15(21)24-10-3-6-12(7-4-10)27-17(18,19)20/h3-9H,1-2H3,(H2,21,24)(H,22,25)(H,23,26). The maximum atomic E-state index is 12.3. The molecular weight excluding hydrogens is 381 g/mol. The second-order valence-corrected chi connectivity index (χ2v) is 6.00. The largest absolute Gasteiger partial charge is 0.573 e. The first-order valence-corrected chi connectivity index (χ1v) is 7.84. The molecule has 0 atom stereocenters. The molecule has 1 aromatic carbocycles. The van der Waals surface area contributed by atoms with E-state index >= 15 is 0 Å². The highest BCUT2D eigenvalue weighted by Gasteiger charge is 2.32. The van der Waals surface area contributed by atoms with Crippen molar-refractivity contribution in [2.45, 2.75) is 25.8 Å². The van der Waals surface area contributed by atoms with Crippen molar-refractivity contribution in [3.05, 3.63) is 52.9 Å². The molecule has 0 saturated heterocycles. The Morgan fingerprint density at radius 2 is 1.79 bits per heavy atom. The summed E-state index contributed by atoms with van der Waals surface area (Å²) in [7, 11) is 0. The second kappa shape index (κ2) is 8.03. The monoisotopic (exact) mass is 398 g/mol. The summed E-state index contributed by atoms with van der Waals surface area (Å²) in [6.07, 6.45) is -3.48. The van der Waals surface area contributed by atoms with Crippen LogP contribution >= 0.6 is 0 Å². The summed E-state index contributed by atoms with van der Waals surface area (Å²) in [5.74, 6) is -0.974. The third kappa shape index (κ3) is 6.34. The molecule has 2 aromatic rings. The van der Waals surface area contributed by atoms with Crippen molar-refractivity contribution in [3.63, 3.8) is 0 Å². The molecule has 0 radical (unpaired) electrons. The van der Waals surface area contributed by atoms with Gasteiger partial charge < -0.3 is 25.5 Å². The Bertz CT molecular complexity index is 901. The number of carbonyl (C=O) groups excluding carboxylic acids is 1. The first-order chi connectivity index (χ1) is 12.9. The lowest BCUT2D eigenvalue weighted by molar-refractivity contribution is -0.274. The predicted octanol–water partition coefficient (Wildman–Crippen LogP) is 2.65. The lowest BCUT2D eigenvalue weighted by Crippen LogP contribution is -2.43. The van der Waals surface area contributed by atoms with Gasteiger partial charge in [-0.05, 0) is 44.2 Å². The molecule has 0 saturated carbocycles. The number of aromatic nitrogens is 1. The molecule has 0 aliphatic carbocycles. The number of H-pyrrole nitrogens is 1. The van der Waals surface area contributed by atoms with E-state index in [1.54, 1.807) is 0 Å². The van der Waals surface area contributed by atoms with E-state index in [2.05, 4.69) is 20.0 Å². The van der Waals surface area contributed by atoms with E-state index in [9.17, 15) is 22.8 Å². The van der Waals surface area contributed by atoms with Crippen molar-refractivity contribution in [1.29, 1.82) is 0 Å². The fraction of sp³-hybridized carbons (Fsp3) is 0.235. The number of nitrogens with one attached hydrogen (secondary N) is 2. The van der Waals surface area contributed by atoms with Gasteiger partial charge in [-0.2, -0.15) is 4.99 Å². The molecule has 1 aromatic heterocycles. The van der Waals surface area contributed by atoms with Gasteiger partial charge in [0, 0.05) is 12.3 Å². The number of aromatic amines is 1. The van der Waals surface area contributed by atoms with Gasteiger partial charge in [-0.1, -0.05) is 0 Å². The van der Waals surface area contributed by atoms with Crippen LogP contribution in [0.4, 0.5) is 24.5 Å². The van der Waals surface area contributed by atoms with E-state index in [0.717, 1.165) is 12.1 Å². The Morgan fingerprint density at radius 3 is 2.32 bits per heavy atom. The van der Waals surface area contributed by atoms with Crippen molar-refractivity contribution in [1.82, 2.24) is 4.98 Å². The Labute approximate surface area is 157 Å². The minimum Gasteiger partial charge on any atom is -0.449 e. The fourth-order valence-electron chi connectivity index (χ4n) is 1.95. The van der Waals surface area contributed by atoms with Crippen LogP contribution in [0.3, 0.4) is 0 Å². The van der Waals surface area contributed by atoms with E-state index in [-0.39, 0.29) is 17.3 Å². The number of amides is 1. The van der Waals surface area contributed by atoms with Crippen molar-refractivity contribution in [2.24, 2.45) is 10.7 Å². The topological polar surface area (TPSA) is 119 Å². The number of amidine groups is 1. The molecule has 0 unspecified atom stereocenters. The molecule has 1 heterocycles. The quantitative estimate of drug-likeness (QED) is 0.529. The molecule has 0 fully saturated rings. The third-order valence-corrected chi connectivity index (χ3v) is 3.26. The molecule has 0 aliphatic rings. The van der Waals surface area contributed by atoms with Gasteiger partial charge in [0.25, 0.3) is 11.9 Å². The molecule has 2 rings (SSSR count). The maximum absolute atomic E-state index is 12.3. The summed E-state index contributed by atoms with van der Waals surface area (Å²) in [5, 5.41) is 2.54.